The zero-order valence-electron chi connectivity index (χ0n) is 9.52. The average Bonchev–Trinajstić information content (AvgIpc) is 2.78. The van der Waals surface area contributed by atoms with Crippen LogP contribution in [0, 0.1) is 0 Å². The standard InChI is InChI=1S/C13H12BrNO3/c14-12-11(6-8-18-12)13(17)15-7-5-9-1-3-10(16)4-2-9/h1-4,6,8,16H,5,7H2,(H,15,17). The first-order chi connectivity index (χ1) is 8.66. The van der Waals surface area contributed by atoms with Crippen LogP contribution in [-0.2, 0) is 6.42 Å². The van der Waals surface area contributed by atoms with Crippen LogP contribution in [0.15, 0.2) is 45.7 Å². The molecule has 0 radical (unpaired) electrons. The molecule has 0 aliphatic carbocycles. The van der Waals surface area contributed by atoms with Crippen molar-refractivity contribution in [3.05, 3.63) is 52.4 Å². The largest absolute Gasteiger partial charge is 0.508 e. The predicted molar refractivity (Wildman–Crippen MR) is 70.6 cm³/mol. The summed E-state index contributed by atoms with van der Waals surface area (Å²) in [7, 11) is 0. The maximum absolute atomic E-state index is 11.7. The molecule has 1 heterocycles. The minimum atomic E-state index is -0.172. The third-order valence-corrected chi connectivity index (χ3v) is 3.11. The molecule has 1 amide bonds. The van der Waals surface area contributed by atoms with Crippen molar-refractivity contribution in [2.45, 2.75) is 6.42 Å². The van der Waals surface area contributed by atoms with Gasteiger partial charge in [0.15, 0.2) is 4.67 Å². The molecule has 18 heavy (non-hydrogen) atoms. The number of furan rings is 1. The molecule has 2 rings (SSSR count). The summed E-state index contributed by atoms with van der Waals surface area (Å²) in [6.07, 6.45) is 2.17. The van der Waals surface area contributed by atoms with Crippen molar-refractivity contribution < 1.29 is 14.3 Å². The Balaban J connectivity index is 1.84. The Morgan fingerprint density at radius 2 is 2.00 bits per heavy atom. The molecular formula is C13H12BrNO3. The van der Waals surface area contributed by atoms with Gasteiger partial charge in [0.1, 0.15) is 5.75 Å². The summed E-state index contributed by atoms with van der Waals surface area (Å²) in [5.41, 5.74) is 1.54. The van der Waals surface area contributed by atoms with Gasteiger partial charge in [-0.05, 0) is 46.1 Å². The van der Waals surface area contributed by atoms with Gasteiger partial charge < -0.3 is 14.8 Å². The normalized spacial score (nSPS) is 10.3. The van der Waals surface area contributed by atoms with E-state index >= 15 is 0 Å². The van der Waals surface area contributed by atoms with Crippen LogP contribution in [0.5, 0.6) is 5.75 Å². The van der Waals surface area contributed by atoms with Gasteiger partial charge >= 0.3 is 0 Å². The number of hydrogen-bond acceptors (Lipinski definition) is 3. The van der Waals surface area contributed by atoms with Gasteiger partial charge in [0, 0.05) is 6.54 Å². The molecular weight excluding hydrogens is 298 g/mol. The molecule has 0 unspecified atom stereocenters. The summed E-state index contributed by atoms with van der Waals surface area (Å²) in [5, 5.41) is 11.9. The molecule has 0 bridgehead atoms. The van der Waals surface area contributed by atoms with Crippen molar-refractivity contribution >= 4 is 21.8 Å². The number of amides is 1. The topological polar surface area (TPSA) is 62.5 Å². The Kier molecular flexibility index (Phi) is 4.04. The van der Waals surface area contributed by atoms with Crippen LogP contribution in [0.2, 0.25) is 0 Å². The third kappa shape index (κ3) is 3.13. The van der Waals surface area contributed by atoms with Gasteiger partial charge in [-0.25, -0.2) is 0 Å². The van der Waals surface area contributed by atoms with Gasteiger partial charge in [-0.2, -0.15) is 0 Å². The second-order valence-corrected chi connectivity index (χ2v) is 4.50. The molecule has 0 aliphatic heterocycles. The Labute approximate surface area is 113 Å². The van der Waals surface area contributed by atoms with E-state index in [0.29, 0.717) is 23.2 Å². The van der Waals surface area contributed by atoms with Crippen LogP contribution in [0.4, 0.5) is 0 Å². The first-order valence-electron chi connectivity index (χ1n) is 5.46. The van der Waals surface area contributed by atoms with Gasteiger partial charge in [-0.1, -0.05) is 12.1 Å². The zero-order chi connectivity index (χ0) is 13.0. The lowest BCUT2D eigenvalue weighted by atomic mass is 10.1. The van der Waals surface area contributed by atoms with Gasteiger partial charge in [-0.15, -0.1) is 0 Å². The van der Waals surface area contributed by atoms with E-state index in [1.165, 1.54) is 6.26 Å². The minimum absolute atomic E-state index is 0.172. The quantitative estimate of drug-likeness (QED) is 0.913. The zero-order valence-corrected chi connectivity index (χ0v) is 11.1. The summed E-state index contributed by atoms with van der Waals surface area (Å²) in [6, 6.07) is 8.53. The molecule has 94 valence electrons. The molecule has 5 heteroatoms. The Morgan fingerprint density at radius 1 is 1.28 bits per heavy atom. The average molecular weight is 310 g/mol. The van der Waals surface area contributed by atoms with E-state index in [-0.39, 0.29) is 11.7 Å². The lowest BCUT2D eigenvalue weighted by Gasteiger charge is -2.04. The van der Waals surface area contributed by atoms with Crippen LogP contribution < -0.4 is 5.32 Å². The molecule has 0 saturated carbocycles. The van der Waals surface area contributed by atoms with E-state index in [4.69, 9.17) is 9.52 Å². The molecule has 0 aliphatic rings. The lowest BCUT2D eigenvalue weighted by Crippen LogP contribution is -2.25. The molecule has 1 aromatic heterocycles. The van der Waals surface area contributed by atoms with E-state index < -0.39 is 0 Å². The monoisotopic (exact) mass is 309 g/mol. The van der Waals surface area contributed by atoms with Crippen LogP contribution in [0.3, 0.4) is 0 Å². The van der Waals surface area contributed by atoms with Crippen LogP contribution in [0.1, 0.15) is 15.9 Å². The van der Waals surface area contributed by atoms with Crippen molar-refractivity contribution in [3.8, 4) is 5.75 Å². The molecule has 4 nitrogen and oxygen atoms in total. The van der Waals surface area contributed by atoms with E-state index in [0.717, 1.165) is 5.56 Å². The third-order valence-electron chi connectivity index (χ3n) is 2.50. The predicted octanol–water partition coefficient (Wildman–Crippen LogP) is 2.72. The highest BCUT2D eigenvalue weighted by Gasteiger charge is 2.11. The number of aromatic hydroxyl groups is 1. The number of halogens is 1. The van der Waals surface area contributed by atoms with E-state index in [1.54, 1.807) is 18.2 Å². The highest BCUT2D eigenvalue weighted by Crippen LogP contribution is 2.17. The molecule has 0 spiro atoms. The number of carbonyl (C=O) groups is 1. The number of phenols is 1. The first-order valence-corrected chi connectivity index (χ1v) is 6.25. The number of rotatable bonds is 4. The maximum atomic E-state index is 11.7. The summed E-state index contributed by atoms with van der Waals surface area (Å²) < 4.78 is 5.43. The van der Waals surface area contributed by atoms with Crippen molar-refractivity contribution in [2.24, 2.45) is 0 Å². The number of hydrogen-bond donors (Lipinski definition) is 2. The summed E-state index contributed by atoms with van der Waals surface area (Å²) >= 11 is 3.16. The van der Waals surface area contributed by atoms with Gasteiger partial charge in [0.25, 0.3) is 5.91 Å². The van der Waals surface area contributed by atoms with E-state index in [9.17, 15) is 4.79 Å². The fourth-order valence-corrected chi connectivity index (χ4v) is 1.95. The molecule has 0 atom stereocenters. The Morgan fingerprint density at radius 3 is 2.61 bits per heavy atom. The SMILES string of the molecule is O=C(NCCc1ccc(O)cc1)c1ccoc1Br. The van der Waals surface area contributed by atoms with Gasteiger partial charge in [0.05, 0.1) is 11.8 Å². The number of benzene rings is 1. The summed E-state index contributed by atoms with van der Waals surface area (Å²) in [4.78, 5) is 11.7. The van der Waals surface area contributed by atoms with Gasteiger partial charge in [0.2, 0.25) is 0 Å². The minimum Gasteiger partial charge on any atom is -0.508 e. The Hall–Kier alpha value is -1.75. The van der Waals surface area contributed by atoms with E-state index in [2.05, 4.69) is 21.2 Å². The molecule has 2 aromatic rings. The fourth-order valence-electron chi connectivity index (χ4n) is 1.53. The second-order valence-electron chi connectivity index (χ2n) is 3.78. The molecule has 1 aromatic carbocycles. The first kappa shape index (κ1) is 12.7. The van der Waals surface area contributed by atoms with Crippen LogP contribution in [0.25, 0.3) is 0 Å². The number of nitrogens with one attached hydrogen (secondary N) is 1. The van der Waals surface area contributed by atoms with Crippen molar-refractivity contribution in [1.29, 1.82) is 0 Å². The molecule has 0 saturated heterocycles. The maximum Gasteiger partial charge on any atom is 0.255 e. The van der Waals surface area contributed by atoms with Crippen LogP contribution >= 0.6 is 15.9 Å². The van der Waals surface area contributed by atoms with Crippen molar-refractivity contribution in [1.82, 2.24) is 5.32 Å². The molecule has 2 N–H and O–H groups in total. The van der Waals surface area contributed by atoms with Crippen molar-refractivity contribution in [2.75, 3.05) is 6.54 Å². The van der Waals surface area contributed by atoms with E-state index in [1.807, 2.05) is 12.1 Å². The van der Waals surface area contributed by atoms with Crippen LogP contribution in [-0.4, -0.2) is 17.6 Å². The lowest BCUT2D eigenvalue weighted by molar-refractivity contribution is 0.0952. The number of phenolic OH excluding ortho intramolecular Hbond substituents is 1. The fraction of sp³-hybridized carbons (Fsp3) is 0.154. The Bertz CT molecular complexity index is 533. The number of carbonyl (C=O) groups excluding carboxylic acids is 1. The summed E-state index contributed by atoms with van der Waals surface area (Å²) in [6.45, 7) is 0.529. The highest BCUT2D eigenvalue weighted by atomic mass is 79.9. The summed E-state index contributed by atoms with van der Waals surface area (Å²) in [5.74, 6) is 0.0690. The second kappa shape index (κ2) is 5.73. The highest BCUT2D eigenvalue weighted by molar-refractivity contribution is 9.10. The smallest absolute Gasteiger partial charge is 0.255 e. The molecule has 0 fully saturated rings. The van der Waals surface area contributed by atoms with Crippen molar-refractivity contribution in [3.63, 3.8) is 0 Å². The van der Waals surface area contributed by atoms with Gasteiger partial charge in [-0.3, -0.25) is 4.79 Å².